The van der Waals surface area contributed by atoms with Crippen molar-refractivity contribution in [1.29, 1.82) is 0 Å². The first-order chi connectivity index (χ1) is 9.24. The molecule has 1 saturated heterocycles. The van der Waals surface area contributed by atoms with Gasteiger partial charge in [0.15, 0.2) is 0 Å². The summed E-state index contributed by atoms with van der Waals surface area (Å²) >= 11 is 0. The van der Waals surface area contributed by atoms with Crippen LogP contribution in [0, 0.1) is 11.8 Å². The summed E-state index contributed by atoms with van der Waals surface area (Å²) in [6.45, 7) is 6.52. The fourth-order valence-corrected chi connectivity index (χ4v) is 3.70. The maximum absolute atomic E-state index is 10.2. The van der Waals surface area contributed by atoms with Gasteiger partial charge in [-0.25, -0.2) is 0 Å². The van der Waals surface area contributed by atoms with Crippen molar-refractivity contribution in [1.82, 2.24) is 10.2 Å². The summed E-state index contributed by atoms with van der Waals surface area (Å²) in [5.74, 6) is 0.350. The van der Waals surface area contributed by atoms with Crippen molar-refractivity contribution in [2.75, 3.05) is 32.8 Å². The average molecular weight is 270 g/mol. The standard InChI is InChI=1S/C15H30N2O2/c1-12-10-14(13(11-18)15(12)19)17-8-5-3-2-4-6-16-7-9-17/h12-16,18-19H,2-11H2,1H3. The molecule has 4 heteroatoms. The Bertz CT molecular complexity index is 253. The fraction of sp³-hybridized carbons (Fsp3) is 1.00. The molecule has 2 rings (SSSR count). The Balaban J connectivity index is 1.96. The van der Waals surface area contributed by atoms with Crippen LogP contribution >= 0.6 is 0 Å². The third-order valence-electron chi connectivity index (χ3n) is 4.93. The Morgan fingerprint density at radius 1 is 1.11 bits per heavy atom. The van der Waals surface area contributed by atoms with Gasteiger partial charge in [-0.1, -0.05) is 19.8 Å². The molecule has 2 fully saturated rings. The number of nitrogens with one attached hydrogen (secondary N) is 1. The van der Waals surface area contributed by atoms with Crippen LogP contribution < -0.4 is 5.32 Å². The summed E-state index contributed by atoms with van der Waals surface area (Å²) in [4.78, 5) is 2.51. The maximum Gasteiger partial charge on any atom is 0.0631 e. The van der Waals surface area contributed by atoms with E-state index in [0.29, 0.717) is 12.0 Å². The van der Waals surface area contributed by atoms with E-state index in [-0.39, 0.29) is 18.6 Å². The van der Waals surface area contributed by atoms with Gasteiger partial charge in [-0.3, -0.25) is 4.90 Å². The van der Waals surface area contributed by atoms with Crippen molar-refractivity contribution >= 4 is 0 Å². The largest absolute Gasteiger partial charge is 0.396 e. The van der Waals surface area contributed by atoms with Crippen LogP contribution in [-0.4, -0.2) is 60.0 Å². The Hall–Kier alpha value is -0.160. The van der Waals surface area contributed by atoms with Crippen molar-refractivity contribution in [2.24, 2.45) is 11.8 Å². The van der Waals surface area contributed by atoms with Gasteiger partial charge in [0.05, 0.1) is 6.10 Å². The molecule has 19 heavy (non-hydrogen) atoms. The van der Waals surface area contributed by atoms with Gasteiger partial charge in [-0.15, -0.1) is 0 Å². The fourth-order valence-electron chi connectivity index (χ4n) is 3.70. The highest BCUT2D eigenvalue weighted by molar-refractivity contribution is 4.94. The third-order valence-corrected chi connectivity index (χ3v) is 4.93. The van der Waals surface area contributed by atoms with Gasteiger partial charge < -0.3 is 15.5 Å². The van der Waals surface area contributed by atoms with E-state index in [4.69, 9.17) is 0 Å². The van der Waals surface area contributed by atoms with Crippen molar-refractivity contribution in [3.63, 3.8) is 0 Å². The summed E-state index contributed by atoms with van der Waals surface area (Å²) in [5, 5.41) is 23.3. The number of hydrogen-bond acceptors (Lipinski definition) is 4. The summed E-state index contributed by atoms with van der Waals surface area (Å²) in [6.07, 6.45) is 5.84. The predicted octanol–water partition coefficient (Wildman–Crippen LogP) is 0.830. The second-order valence-corrected chi connectivity index (χ2v) is 6.32. The molecular formula is C15H30N2O2. The number of aliphatic hydroxyl groups excluding tert-OH is 2. The molecule has 3 N–H and O–H groups in total. The smallest absolute Gasteiger partial charge is 0.0631 e. The molecule has 4 unspecified atom stereocenters. The summed E-state index contributed by atoms with van der Waals surface area (Å²) < 4.78 is 0. The molecule has 1 heterocycles. The lowest BCUT2D eigenvalue weighted by Gasteiger charge is -2.33. The Kier molecular flexibility index (Phi) is 6.07. The van der Waals surface area contributed by atoms with Crippen LogP contribution in [0.5, 0.6) is 0 Å². The van der Waals surface area contributed by atoms with Crippen LogP contribution in [-0.2, 0) is 0 Å². The molecule has 0 spiro atoms. The zero-order chi connectivity index (χ0) is 13.7. The van der Waals surface area contributed by atoms with Crippen molar-refractivity contribution in [3.05, 3.63) is 0 Å². The molecule has 0 amide bonds. The Morgan fingerprint density at radius 3 is 2.68 bits per heavy atom. The summed E-state index contributed by atoms with van der Waals surface area (Å²) in [6, 6.07) is 0.358. The van der Waals surface area contributed by atoms with E-state index in [9.17, 15) is 10.2 Å². The van der Waals surface area contributed by atoms with E-state index >= 15 is 0 Å². The van der Waals surface area contributed by atoms with E-state index in [1.807, 2.05) is 0 Å². The minimum atomic E-state index is -0.335. The minimum absolute atomic E-state index is 0.0398. The minimum Gasteiger partial charge on any atom is -0.396 e. The van der Waals surface area contributed by atoms with E-state index in [1.54, 1.807) is 0 Å². The monoisotopic (exact) mass is 270 g/mol. The van der Waals surface area contributed by atoms with Gasteiger partial charge >= 0.3 is 0 Å². The van der Waals surface area contributed by atoms with E-state index < -0.39 is 0 Å². The number of hydrogen-bond donors (Lipinski definition) is 3. The van der Waals surface area contributed by atoms with Crippen LogP contribution in [0.2, 0.25) is 0 Å². The van der Waals surface area contributed by atoms with Crippen LogP contribution in [0.3, 0.4) is 0 Å². The molecule has 4 nitrogen and oxygen atoms in total. The maximum atomic E-state index is 10.2. The first kappa shape index (κ1) is 15.2. The molecule has 0 aromatic carbocycles. The summed E-state index contributed by atoms with van der Waals surface area (Å²) in [7, 11) is 0. The molecule has 0 aromatic rings. The number of nitrogens with zero attached hydrogens (tertiary/aromatic N) is 1. The topological polar surface area (TPSA) is 55.7 Å². The Labute approximate surface area is 117 Å². The third kappa shape index (κ3) is 3.91. The molecule has 1 aliphatic carbocycles. The van der Waals surface area contributed by atoms with Crippen LogP contribution in [0.25, 0.3) is 0 Å². The lowest BCUT2D eigenvalue weighted by molar-refractivity contribution is 0.0350. The van der Waals surface area contributed by atoms with Crippen molar-refractivity contribution in [2.45, 2.75) is 51.2 Å². The molecule has 0 radical (unpaired) electrons. The number of rotatable bonds is 2. The molecule has 0 bridgehead atoms. The molecule has 112 valence electrons. The summed E-state index contributed by atoms with van der Waals surface area (Å²) in [5.41, 5.74) is 0. The normalized spacial score (nSPS) is 39.3. The van der Waals surface area contributed by atoms with Crippen LogP contribution in [0.15, 0.2) is 0 Å². The van der Waals surface area contributed by atoms with Crippen LogP contribution in [0.4, 0.5) is 0 Å². The molecule has 2 aliphatic rings. The zero-order valence-electron chi connectivity index (χ0n) is 12.2. The van der Waals surface area contributed by atoms with Crippen molar-refractivity contribution < 1.29 is 10.2 Å². The first-order valence-corrected chi connectivity index (χ1v) is 7.97. The van der Waals surface area contributed by atoms with Crippen molar-refractivity contribution in [3.8, 4) is 0 Å². The Morgan fingerprint density at radius 2 is 1.89 bits per heavy atom. The van der Waals surface area contributed by atoms with E-state index in [1.165, 1.54) is 25.7 Å². The zero-order valence-corrected chi connectivity index (χ0v) is 12.2. The van der Waals surface area contributed by atoms with Gasteiger partial charge in [0.25, 0.3) is 0 Å². The highest BCUT2D eigenvalue weighted by Gasteiger charge is 2.42. The predicted molar refractivity (Wildman–Crippen MR) is 77.1 cm³/mol. The quantitative estimate of drug-likeness (QED) is 0.696. The molecular weight excluding hydrogens is 240 g/mol. The van der Waals surface area contributed by atoms with E-state index in [2.05, 4.69) is 17.1 Å². The average Bonchev–Trinajstić information content (AvgIpc) is 2.71. The molecule has 1 aliphatic heterocycles. The second-order valence-electron chi connectivity index (χ2n) is 6.32. The van der Waals surface area contributed by atoms with Gasteiger partial charge in [-0.05, 0) is 38.3 Å². The van der Waals surface area contributed by atoms with Gasteiger partial charge in [-0.2, -0.15) is 0 Å². The lowest BCUT2D eigenvalue weighted by atomic mass is 10.00. The SMILES string of the molecule is CC1CC(N2CCCCCCNCC2)C(CO)C1O. The van der Waals surface area contributed by atoms with Gasteiger partial charge in [0.2, 0.25) is 0 Å². The molecule has 0 aromatic heterocycles. The second kappa shape index (κ2) is 7.58. The van der Waals surface area contributed by atoms with Gasteiger partial charge in [0.1, 0.15) is 0 Å². The van der Waals surface area contributed by atoms with Crippen LogP contribution in [0.1, 0.15) is 39.0 Å². The molecule has 4 atom stereocenters. The van der Waals surface area contributed by atoms with Gasteiger partial charge in [0, 0.05) is 31.7 Å². The van der Waals surface area contributed by atoms with E-state index in [0.717, 1.165) is 32.6 Å². The highest BCUT2D eigenvalue weighted by Crippen LogP contribution is 2.34. The first-order valence-electron chi connectivity index (χ1n) is 7.97. The molecule has 1 saturated carbocycles. The highest BCUT2D eigenvalue weighted by atomic mass is 16.3. The lowest BCUT2D eigenvalue weighted by Crippen LogP contribution is -2.45. The number of aliphatic hydroxyl groups is 2.